The van der Waals surface area contributed by atoms with Crippen LogP contribution in [0, 0.1) is 33.6 Å². The zero-order valence-electron chi connectivity index (χ0n) is 19.2. The third-order valence-corrected chi connectivity index (χ3v) is 8.44. The molecule has 1 N–H and O–H groups in total. The number of sulfonamides is 1. The molecule has 0 saturated carbocycles. The van der Waals surface area contributed by atoms with Gasteiger partial charge in [0.15, 0.2) is 0 Å². The number of carbonyl (C=O) groups is 1. The summed E-state index contributed by atoms with van der Waals surface area (Å²) < 4.78 is 28.1. The average Bonchev–Trinajstić information content (AvgIpc) is 2.71. The molecule has 2 aromatic carbocycles. The van der Waals surface area contributed by atoms with Gasteiger partial charge >= 0.3 is 0 Å². The minimum Gasteiger partial charge on any atom is -0.349 e. The van der Waals surface area contributed by atoms with E-state index in [1.165, 1.54) is 5.56 Å². The van der Waals surface area contributed by atoms with Crippen LogP contribution in [0.3, 0.4) is 0 Å². The van der Waals surface area contributed by atoms with Gasteiger partial charge in [-0.1, -0.05) is 54.4 Å². The minimum atomic E-state index is -3.56. The molecule has 2 aromatic rings. The van der Waals surface area contributed by atoms with E-state index in [1.54, 1.807) is 4.31 Å². The number of piperidine rings is 1. The monoisotopic (exact) mass is 442 g/mol. The number of rotatable bonds is 6. The smallest absolute Gasteiger partial charge is 0.243 e. The van der Waals surface area contributed by atoms with Crippen LogP contribution in [0.1, 0.15) is 60.0 Å². The summed E-state index contributed by atoms with van der Waals surface area (Å²) in [5.74, 6) is -0.140. The normalized spacial score (nSPS) is 16.8. The highest BCUT2D eigenvalue weighted by Crippen LogP contribution is 2.29. The van der Waals surface area contributed by atoms with Crippen molar-refractivity contribution in [3.05, 3.63) is 64.2 Å². The van der Waals surface area contributed by atoms with Crippen LogP contribution in [0.15, 0.2) is 41.3 Å². The number of aryl methyl sites for hydroxylation is 4. The molecule has 1 heterocycles. The number of nitrogens with zero attached hydrogens (tertiary/aromatic N) is 1. The Bertz CT molecular complexity index is 1010. The van der Waals surface area contributed by atoms with Crippen molar-refractivity contribution in [3.63, 3.8) is 0 Å². The van der Waals surface area contributed by atoms with Crippen molar-refractivity contribution in [2.24, 2.45) is 5.92 Å². The van der Waals surface area contributed by atoms with Crippen molar-refractivity contribution in [1.29, 1.82) is 0 Å². The summed E-state index contributed by atoms with van der Waals surface area (Å²) in [6.45, 7) is 10.5. The van der Waals surface area contributed by atoms with Crippen LogP contribution in [0.2, 0.25) is 0 Å². The van der Waals surface area contributed by atoms with Gasteiger partial charge in [0.05, 0.1) is 10.9 Å². The standard InChI is InChI=1S/C25H34N2O3S/c1-6-23(21-9-7-17(2)8-10-21)26-25(28)22-11-13-27(14-12-22)31(29,30)24-19(4)15-18(3)16-20(24)5/h7-10,15-16,22-23H,6,11-14H2,1-5H3,(H,26,28). The molecule has 0 radical (unpaired) electrons. The van der Waals surface area contributed by atoms with Gasteiger partial charge in [0.2, 0.25) is 15.9 Å². The highest BCUT2D eigenvalue weighted by atomic mass is 32.2. The highest BCUT2D eigenvalue weighted by Gasteiger charge is 2.34. The molecule has 5 nitrogen and oxygen atoms in total. The van der Waals surface area contributed by atoms with E-state index in [1.807, 2.05) is 39.8 Å². The number of nitrogens with one attached hydrogen (secondary N) is 1. The van der Waals surface area contributed by atoms with Gasteiger partial charge in [-0.3, -0.25) is 4.79 Å². The van der Waals surface area contributed by atoms with Crippen LogP contribution in [-0.2, 0) is 14.8 Å². The van der Waals surface area contributed by atoms with E-state index in [0.29, 0.717) is 30.8 Å². The topological polar surface area (TPSA) is 66.5 Å². The van der Waals surface area contributed by atoms with Crippen molar-refractivity contribution in [2.45, 2.75) is 64.8 Å². The zero-order valence-corrected chi connectivity index (χ0v) is 20.1. The van der Waals surface area contributed by atoms with Gasteiger partial charge in [0.25, 0.3) is 0 Å². The summed E-state index contributed by atoms with van der Waals surface area (Å²) in [6.07, 6.45) is 1.90. The van der Waals surface area contributed by atoms with Crippen LogP contribution in [0.25, 0.3) is 0 Å². The van der Waals surface area contributed by atoms with E-state index < -0.39 is 10.0 Å². The van der Waals surface area contributed by atoms with Crippen molar-refractivity contribution >= 4 is 15.9 Å². The molecule has 0 aromatic heterocycles. The fourth-order valence-corrected chi connectivity index (χ4v) is 6.45. The van der Waals surface area contributed by atoms with E-state index in [0.717, 1.165) is 28.7 Å². The van der Waals surface area contributed by atoms with E-state index in [9.17, 15) is 13.2 Å². The second-order valence-electron chi connectivity index (χ2n) is 8.79. The molecule has 0 bridgehead atoms. The number of benzene rings is 2. The molecule has 0 spiro atoms. The van der Waals surface area contributed by atoms with Gasteiger partial charge in [0, 0.05) is 19.0 Å². The van der Waals surface area contributed by atoms with Crippen molar-refractivity contribution < 1.29 is 13.2 Å². The molecular weight excluding hydrogens is 408 g/mol. The molecule has 6 heteroatoms. The van der Waals surface area contributed by atoms with Crippen molar-refractivity contribution in [1.82, 2.24) is 9.62 Å². The van der Waals surface area contributed by atoms with Gasteiger partial charge in [-0.05, 0) is 63.6 Å². The molecule has 0 aliphatic carbocycles. The first kappa shape index (κ1) is 23.5. The number of hydrogen-bond acceptors (Lipinski definition) is 3. The second kappa shape index (κ2) is 9.53. The minimum absolute atomic E-state index is 0.0205. The predicted molar refractivity (Wildman–Crippen MR) is 124 cm³/mol. The maximum absolute atomic E-state index is 13.3. The van der Waals surface area contributed by atoms with Gasteiger partial charge in [-0.25, -0.2) is 8.42 Å². The molecule has 1 saturated heterocycles. The van der Waals surface area contributed by atoms with Crippen LogP contribution in [0.5, 0.6) is 0 Å². The fourth-order valence-electron chi connectivity index (χ4n) is 4.57. The summed E-state index contributed by atoms with van der Waals surface area (Å²) in [6, 6.07) is 12.0. The first-order valence-electron chi connectivity index (χ1n) is 11.1. The Morgan fingerprint density at radius 1 is 1.00 bits per heavy atom. The molecule has 31 heavy (non-hydrogen) atoms. The lowest BCUT2D eigenvalue weighted by Crippen LogP contribution is -2.43. The summed E-state index contributed by atoms with van der Waals surface area (Å²) in [5, 5.41) is 3.17. The molecule has 1 atom stereocenters. The first-order valence-corrected chi connectivity index (χ1v) is 12.5. The average molecular weight is 443 g/mol. The van der Waals surface area contributed by atoms with E-state index in [2.05, 4.69) is 36.5 Å². The maximum atomic E-state index is 13.3. The van der Waals surface area contributed by atoms with E-state index in [-0.39, 0.29) is 17.9 Å². The highest BCUT2D eigenvalue weighted by molar-refractivity contribution is 7.89. The summed E-state index contributed by atoms with van der Waals surface area (Å²) in [5.41, 5.74) is 4.91. The van der Waals surface area contributed by atoms with Gasteiger partial charge < -0.3 is 5.32 Å². The summed E-state index contributed by atoms with van der Waals surface area (Å²) >= 11 is 0. The first-order chi connectivity index (χ1) is 14.6. The van der Waals surface area contributed by atoms with Crippen molar-refractivity contribution in [3.8, 4) is 0 Å². The number of carbonyl (C=O) groups excluding carboxylic acids is 1. The quantitative estimate of drug-likeness (QED) is 0.712. The summed E-state index contributed by atoms with van der Waals surface area (Å²) in [4.78, 5) is 13.3. The third kappa shape index (κ3) is 5.18. The Morgan fingerprint density at radius 3 is 2.06 bits per heavy atom. The molecule has 1 amide bonds. The molecule has 1 unspecified atom stereocenters. The molecular formula is C25H34N2O3S. The SMILES string of the molecule is CCC(NC(=O)C1CCN(S(=O)(=O)c2c(C)cc(C)cc2C)CC1)c1ccc(C)cc1. The van der Waals surface area contributed by atoms with Crippen molar-refractivity contribution in [2.75, 3.05) is 13.1 Å². The zero-order chi connectivity index (χ0) is 22.8. The Labute approximate surface area is 186 Å². The Hall–Kier alpha value is -2.18. The van der Waals surface area contributed by atoms with Gasteiger partial charge in [-0.15, -0.1) is 0 Å². The van der Waals surface area contributed by atoms with Crippen LogP contribution in [-0.4, -0.2) is 31.7 Å². The molecule has 168 valence electrons. The van der Waals surface area contributed by atoms with Crippen LogP contribution < -0.4 is 5.32 Å². The lowest BCUT2D eigenvalue weighted by molar-refractivity contribution is -0.126. The molecule has 1 aliphatic heterocycles. The number of hydrogen-bond donors (Lipinski definition) is 1. The van der Waals surface area contributed by atoms with E-state index >= 15 is 0 Å². The fraction of sp³-hybridized carbons (Fsp3) is 0.480. The molecule has 1 aliphatic rings. The largest absolute Gasteiger partial charge is 0.349 e. The lowest BCUT2D eigenvalue weighted by Gasteiger charge is -2.32. The second-order valence-corrected chi connectivity index (χ2v) is 10.7. The van der Waals surface area contributed by atoms with Crippen LogP contribution >= 0.6 is 0 Å². The Kier molecular flexibility index (Phi) is 7.22. The Morgan fingerprint density at radius 2 is 1.55 bits per heavy atom. The summed E-state index contributed by atoms with van der Waals surface area (Å²) in [7, 11) is -3.56. The third-order valence-electron chi connectivity index (χ3n) is 6.23. The molecule has 3 rings (SSSR count). The van der Waals surface area contributed by atoms with Crippen LogP contribution in [0.4, 0.5) is 0 Å². The van der Waals surface area contributed by atoms with Gasteiger partial charge in [0.1, 0.15) is 0 Å². The van der Waals surface area contributed by atoms with E-state index in [4.69, 9.17) is 0 Å². The maximum Gasteiger partial charge on any atom is 0.243 e. The lowest BCUT2D eigenvalue weighted by atomic mass is 9.95. The molecule has 1 fully saturated rings. The predicted octanol–water partition coefficient (Wildman–Crippen LogP) is 4.59. The van der Waals surface area contributed by atoms with Gasteiger partial charge in [-0.2, -0.15) is 4.31 Å². The Balaban J connectivity index is 1.66. The number of amides is 1.